The van der Waals surface area contributed by atoms with Gasteiger partial charge >= 0.3 is 0 Å². The van der Waals surface area contributed by atoms with Crippen LogP contribution in [0.4, 0.5) is 5.69 Å². The molecule has 6 nitrogen and oxygen atoms in total. The quantitative estimate of drug-likeness (QED) is 0.456. The summed E-state index contributed by atoms with van der Waals surface area (Å²) in [5, 5.41) is 13.3. The van der Waals surface area contributed by atoms with Crippen molar-refractivity contribution in [3.63, 3.8) is 0 Å². The summed E-state index contributed by atoms with van der Waals surface area (Å²) in [6.07, 6.45) is 0.761. The number of amides is 1. The van der Waals surface area contributed by atoms with Crippen molar-refractivity contribution >= 4 is 17.8 Å². The molecule has 1 aromatic carbocycles. The molecule has 1 amide bonds. The fourth-order valence-electron chi connectivity index (χ4n) is 1.14. The van der Waals surface area contributed by atoms with E-state index in [0.717, 1.165) is 6.21 Å². The number of anilines is 1. The Labute approximate surface area is 92.5 Å². The summed E-state index contributed by atoms with van der Waals surface area (Å²) in [5.74, 6) is 0.535. The molecule has 16 heavy (non-hydrogen) atoms. The second kappa shape index (κ2) is 5.59. The molecule has 1 aromatic rings. The predicted molar refractivity (Wildman–Crippen MR) is 58.5 cm³/mol. The number of nitrogens with one attached hydrogen (secondary N) is 1. The molecule has 0 heterocycles. The largest absolute Gasteiger partial charge is 0.493 e. The highest BCUT2D eigenvalue weighted by Gasteiger charge is 2.05. The first kappa shape index (κ1) is 11.8. The molecule has 0 bridgehead atoms. The highest BCUT2D eigenvalue weighted by atomic mass is 16.5. The van der Waals surface area contributed by atoms with E-state index in [4.69, 9.17) is 14.7 Å². The molecule has 0 radical (unpaired) electrons. The lowest BCUT2D eigenvalue weighted by Crippen LogP contribution is -2.12. The van der Waals surface area contributed by atoms with E-state index >= 15 is 0 Å². The van der Waals surface area contributed by atoms with Crippen LogP contribution in [0.3, 0.4) is 0 Å². The number of hydrogen-bond donors (Lipinski definition) is 2. The van der Waals surface area contributed by atoms with Gasteiger partial charge in [-0.25, -0.2) is 0 Å². The van der Waals surface area contributed by atoms with Crippen LogP contribution in [0.2, 0.25) is 0 Å². The number of hydrogen-bond acceptors (Lipinski definition) is 5. The van der Waals surface area contributed by atoms with E-state index in [1.807, 2.05) is 0 Å². The maximum Gasteiger partial charge on any atom is 0.270 e. The van der Waals surface area contributed by atoms with E-state index in [0.29, 0.717) is 17.2 Å². The summed E-state index contributed by atoms with van der Waals surface area (Å²) < 4.78 is 10.1. The van der Waals surface area contributed by atoms with E-state index in [9.17, 15) is 4.79 Å². The molecule has 0 atom stereocenters. The average Bonchev–Trinajstić information content (AvgIpc) is 2.29. The van der Waals surface area contributed by atoms with E-state index < -0.39 is 5.91 Å². The molecule has 0 aromatic heterocycles. The lowest BCUT2D eigenvalue weighted by atomic mass is 10.2. The zero-order chi connectivity index (χ0) is 12.0. The Morgan fingerprint density at radius 3 is 2.62 bits per heavy atom. The predicted octanol–water partition coefficient (Wildman–Crippen LogP) is 1.10. The minimum atomic E-state index is -0.533. The van der Waals surface area contributed by atoms with Gasteiger partial charge in [-0.1, -0.05) is 5.16 Å². The number of oxime groups is 1. The van der Waals surface area contributed by atoms with Gasteiger partial charge in [-0.3, -0.25) is 4.79 Å². The molecule has 0 aliphatic heterocycles. The van der Waals surface area contributed by atoms with E-state index in [1.54, 1.807) is 18.2 Å². The SMILES string of the molecule is COc1ccc(NC(=O)/C=N/O)cc1OC. The van der Waals surface area contributed by atoms with Crippen LogP contribution in [0.1, 0.15) is 0 Å². The highest BCUT2D eigenvalue weighted by molar-refractivity contribution is 6.31. The number of benzene rings is 1. The first-order valence-corrected chi connectivity index (χ1v) is 4.41. The van der Waals surface area contributed by atoms with Crippen molar-refractivity contribution in [1.29, 1.82) is 0 Å². The van der Waals surface area contributed by atoms with Gasteiger partial charge in [0, 0.05) is 11.8 Å². The molecular formula is C10H12N2O4. The van der Waals surface area contributed by atoms with Gasteiger partial charge in [0.25, 0.3) is 5.91 Å². The Morgan fingerprint density at radius 2 is 2.06 bits per heavy atom. The lowest BCUT2D eigenvalue weighted by molar-refractivity contribution is -0.110. The van der Waals surface area contributed by atoms with Crippen molar-refractivity contribution in [3.05, 3.63) is 18.2 Å². The number of methoxy groups -OCH3 is 2. The van der Waals surface area contributed by atoms with Crippen LogP contribution >= 0.6 is 0 Å². The fraction of sp³-hybridized carbons (Fsp3) is 0.200. The van der Waals surface area contributed by atoms with Crippen molar-refractivity contribution in [3.8, 4) is 11.5 Å². The first-order valence-electron chi connectivity index (χ1n) is 4.41. The second-order valence-electron chi connectivity index (χ2n) is 2.80. The highest BCUT2D eigenvalue weighted by Crippen LogP contribution is 2.29. The Hall–Kier alpha value is -2.24. The fourth-order valence-corrected chi connectivity index (χ4v) is 1.14. The Bertz CT molecular complexity index is 404. The third-order valence-corrected chi connectivity index (χ3v) is 1.83. The summed E-state index contributed by atoms with van der Waals surface area (Å²) in [5.41, 5.74) is 0.516. The molecule has 0 aliphatic carbocycles. The van der Waals surface area contributed by atoms with E-state index in [1.165, 1.54) is 14.2 Å². The van der Waals surface area contributed by atoms with Crippen LogP contribution in [0.5, 0.6) is 11.5 Å². The van der Waals surface area contributed by atoms with Crippen LogP contribution in [-0.4, -0.2) is 31.5 Å². The average molecular weight is 224 g/mol. The Balaban J connectivity index is 2.86. The smallest absolute Gasteiger partial charge is 0.270 e. The topological polar surface area (TPSA) is 80.2 Å². The summed E-state index contributed by atoms with van der Waals surface area (Å²) in [7, 11) is 3.02. The molecule has 6 heteroatoms. The summed E-state index contributed by atoms with van der Waals surface area (Å²) in [6.45, 7) is 0. The normalized spacial score (nSPS) is 10.1. The second-order valence-corrected chi connectivity index (χ2v) is 2.80. The monoisotopic (exact) mass is 224 g/mol. The van der Waals surface area contributed by atoms with E-state index in [-0.39, 0.29) is 0 Å². The third-order valence-electron chi connectivity index (χ3n) is 1.83. The molecule has 0 aliphatic rings. The number of nitrogens with zero attached hydrogens (tertiary/aromatic N) is 1. The van der Waals surface area contributed by atoms with Gasteiger partial charge in [-0.2, -0.15) is 0 Å². The first-order chi connectivity index (χ1) is 7.71. The minimum absolute atomic E-state index is 0.501. The minimum Gasteiger partial charge on any atom is -0.493 e. The van der Waals surface area contributed by atoms with Crippen molar-refractivity contribution in [2.24, 2.45) is 5.16 Å². The van der Waals surface area contributed by atoms with Gasteiger partial charge in [0.2, 0.25) is 0 Å². The molecule has 86 valence electrons. The number of carbonyl (C=O) groups excluding carboxylic acids is 1. The number of carbonyl (C=O) groups is 1. The molecule has 2 N–H and O–H groups in total. The van der Waals surface area contributed by atoms with Gasteiger partial charge in [-0.15, -0.1) is 0 Å². The van der Waals surface area contributed by atoms with Gasteiger partial charge in [0.05, 0.1) is 14.2 Å². The zero-order valence-corrected chi connectivity index (χ0v) is 8.93. The van der Waals surface area contributed by atoms with Gasteiger partial charge < -0.3 is 20.0 Å². The number of rotatable bonds is 4. The standard InChI is InChI=1S/C10H12N2O4/c1-15-8-4-3-7(5-9(8)16-2)12-10(13)6-11-14/h3-6,14H,1-2H3,(H,12,13)/b11-6+. The molecule has 0 saturated carbocycles. The van der Waals surface area contributed by atoms with Crippen LogP contribution in [0.25, 0.3) is 0 Å². The third kappa shape index (κ3) is 2.88. The van der Waals surface area contributed by atoms with Crippen LogP contribution in [0, 0.1) is 0 Å². The zero-order valence-electron chi connectivity index (χ0n) is 8.93. The van der Waals surface area contributed by atoms with Crippen LogP contribution < -0.4 is 14.8 Å². The molecule has 0 unspecified atom stereocenters. The summed E-state index contributed by atoms with van der Waals surface area (Å²) in [4.78, 5) is 11.1. The van der Waals surface area contributed by atoms with Crippen molar-refractivity contribution in [2.75, 3.05) is 19.5 Å². The molecule has 0 saturated heterocycles. The van der Waals surface area contributed by atoms with E-state index in [2.05, 4.69) is 10.5 Å². The summed E-state index contributed by atoms with van der Waals surface area (Å²) >= 11 is 0. The summed E-state index contributed by atoms with van der Waals surface area (Å²) in [6, 6.07) is 4.90. The van der Waals surface area contributed by atoms with Crippen LogP contribution in [-0.2, 0) is 4.79 Å². The van der Waals surface area contributed by atoms with Gasteiger partial charge in [-0.05, 0) is 12.1 Å². The molecule has 0 spiro atoms. The lowest BCUT2D eigenvalue weighted by Gasteiger charge is -2.09. The van der Waals surface area contributed by atoms with Gasteiger partial charge in [0.1, 0.15) is 6.21 Å². The van der Waals surface area contributed by atoms with Crippen molar-refractivity contribution in [1.82, 2.24) is 0 Å². The van der Waals surface area contributed by atoms with Crippen molar-refractivity contribution in [2.45, 2.75) is 0 Å². The number of ether oxygens (including phenoxy) is 2. The maximum atomic E-state index is 11.1. The van der Waals surface area contributed by atoms with Crippen molar-refractivity contribution < 1.29 is 19.5 Å². The Morgan fingerprint density at radius 1 is 1.38 bits per heavy atom. The molecule has 1 rings (SSSR count). The van der Waals surface area contributed by atoms with Gasteiger partial charge in [0.15, 0.2) is 11.5 Å². The molecular weight excluding hydrogens is 212 g/mol. The Kier molecular flexibility index (Phi) is 4.14. The van der Waals surface area contributed by atoms with Crippen LogP contribution in [0.15, 0.2) is 23.4 Å². The molecule has 0 fully saturated rings. The maximum absolute atomic E-state index is 11.1.